The number of likely N-dealkylation sites (N-methyl/N-ethyl adjacent to an activating group) is 5. The van der Waals surface area contributed by atoms with Crippen LogP contribution >= 0.6 is 11.6 Å². The second-order valence-corrected chi connectivity index (χ2v) is 28.8. The van der Waals surface area contributed by atoms with E-state index in [1.807, 2.05) is 27.7 Å². The Balaban J connectivity index is 1.54. The molecule has 2 saturated heterocycles. The molecule has 0 bridgehead atoms. The number of nitrogens with one attached hydrogen (secondary N) is 4. The largest absolute Gasteiger partial charge is 0.393 e. The fourth-order valence-corrected chi connectivity index (χ4v) is 14.9. The summed E-state index contributed by atoms with van der Waals surface area (Å²) in [5.41, 5.74) is -1.48. The molecule has 0 radical (unpaired) electrons. The molecule has 1 spiro atoms. The van der Waals surface area contributed by atoms with Crippen molar-refractivity contribution in [2.24, 2.45) is 35.5 Å². The first kappa shape index (κ1) is 77.0. The number of fused-ring (bicyclic) bond motifs is 1. The van der Waals surface area contributed by atoms with Crippen molar-refractivity contribution in [1.82, 2.24) is 55.6 Å². The highest BCUT2D eigenvalue weighted by Gasteiger charge is 2.51. The first-order chi connectivity index (χ1) is 43.2. The van der Waals surface area contributed by atoms with Crippen LogP contribution in [0.25, 0.3) is 0 Å². The number of halogens is 4. The van der Waals surface area contributed by atoms with Gasteiger partial charge < -0.3 is 55.6 Å². The number of nitrogens with zero attached hydrogens (tertiary/aromatic N) is 7. The van der Waals surface area contributed by atoms with E-state index in [2.05, 4.69) is 21.3 Å². The summed E-state index contributed by atoms with van der Waals surface area (Å²) in [6.45, 7) is 13.2. The van der Waals surface area contributed by atoms with Crippen molar-refractivity contribution in [2.45, 2.75) is 250 Å². The molecule has 3 saturated carbocycles. The van der Waals surface area contributed by atoms with Crippen LogP contribution in [0.1, 0.15) is 190 Å². The molecule has 92 heavy (non-hydrogen) atoms. The van der Waals surface area contributed by atoms with Gasteiger partial charge in [0.05, 0.1) is 25.6 Å². The van der Waals surface area contributed by atoms with Gasteiger partial charge in [-0.2, -0.15) is 13.2 Å². The van der Waals surface area contributed by atoms with Crippen LogP contribution in [0.2, 0.25) is 0 Å². The van der Waals surface area contributed by atoms with Crippen LogP contribution < -0.4 is 21.3 Å². The lowest BCUT2D eigenvalue weighted by Crippen LogP contribution is -2.64. The maximum Gasteiger partial charge on any atom is 0.393 e. The highest BCUT2D eigenvalue weighted by molar-refractivity contribution is 6.20. The van der Waals surface area contributed by atoms with Gasteiger partial charge >= 0.3 is 6.18 Å². The quantitative estimate of drug-likeness (QED) is 0.165. The van der Waals surface area contributed by atoms with Crippen LogP contribution in [0.15, 0.2) is 0 Å². The Hall–Kier alpha value is -5.75. The molecule has 2 heterocycles. The zero-order valence-corrected chi connectivity index (χ0v) is 57.9. The van der Waals surface area contributed by atoms with Crippen molar-refractivity contribution >= 4 is 76.6 Å². The first-order valence-corrected chi connectivity index (χ1v) is 34.4. The second kappa shape index (κ2) is 34.6. The lowest BCUT2D eigenvalue weighted by atomic mass is 9.78. The number of carbonyl (C=O) groups excluding carboxylic acids is 11. The fourth-order valence-electron chi connectivity index (χ4n) is 14.4. The average molecular weight is 1330 g/mol. The van der Waals surface area contributed by atoms with Crippen LogP contribution in [0.5, 0.6) is 0 Å². The monoisotopic (exact) mass is 1320 g/mol. The molecule has 5 rings (SSSR count). The summed E-state index contributed by atoms with van der Waals surface area (Å²) < 4.78 is 41.8. The van der Waals surface area contributed by atoms with E-state index in [1.165, 1.54) is 69.5 Å². The Labute approximate surface area is 549 Å². The van der Waals surface area contributed by atoms with Gasteiger partial charge in [0.25, 0.3) is 0 Å². The first-order valence-electron chi connectivity index (χ1n) is 34.0. The lowest BCUT2D eigenvalue weighted by molar-refractivity contribution is -0.182. The summed E-state index contributed by atoms with van der Waals surface area (Å²) >= 11 is 6.37. The van der Waals surface area contributed by atoms with E-state index in [1.54, 1.807) is 27.7 Å². The standard InChI is InChI=1S/C66H109ClF3N11O11/c1-14-31-80-39-54(84)75(9)38-55(85)78(12)51(36-44-22-17-16-18-23-44)62(90)76(10)37-52(82)72-48(28-26-45-25-27-46(47(67)35-45)66(68,69)70)61(89)81-32-21-24-49(81)59(87)74-65(29-19-20-30-65)64(92)79(13)57(41(5)6)60(88)71-43(8)34-53(83)77(11)50(33-40(3)4)58(86)73-56(63(80)91)42(7)15-2/h40-51,56-57H,14-39H2,1-13H3,(H,71,88)(H,72,82)(H,73,86)(H,74,87)/t42-,43+,45?,46?,47?,48-,49-,50-,51-,56-,57-/m0/s1. The summed E-state index contributed by atoms with van der Waals surface area (Å²) in [7, 11) is 7.27. The Kier molecular flexibility index (Phi) is 28.9. The molecular formula is C66H109ClF3N11O11. The van der Waals surface area contributed by atoms with Crippen molar-refractivity contribution in [3.63, 3.8) is 0 Å². The topological polar surface area (TPSA) is 259 Å². The molecular weight excluding hydrogens is 1220 g/mol. The number of rotatable bonds is 12. The molecule has 26 heteroatoms. The van der Waals surface area contributed by atoms with Crippen LogP contribution in [0, 0.1) is 35.5 Å². The van der Waals surface area contributed by atoms with Gasteiger partial charge in [-0.25, -0.2) is 0 Å². The van der Waals surface area contributed by atoms with Crippen molar-refractivity contribution < 1.29 is 65.9 Å². The van der Waals surface area contributed by atoms with Crippen molar-refractivity contribution in [3.05, 3.63) is 0 Å². The van der Waals surface area contributed by atoms with Crippen LogP contribution in [-0.4, -0.2) is 227 Å². The van der Waals surface area contributed by atoms with Gasteiger partial charge in [-0.15, -0.1) is 11.6 Å². The summed E-state index contributed by atoms with van der Waals surface area (Å²) in [5.74, 6) is -9.46. The van der Waals surface area contributed by atoms with E-state index in [-0.39, 0.29) is 101 Å². The molecule has 22 nitrogen and oxygen atoms in total. The molecule has 3 aliphatic carbocycles. The Morgan fingerprint density at radius 3 is 1.86 bits per heavy atom. The fraction of sp³-hybridized carbons (Fsp3) is 0.833. The van der Waals surface area contributed by atoms with Crippen LogP contribution in [0.4, 0.5) is 13.2 Å². The minimum atomic E-state index is -4.49. The molecule has 0 aromatic heterocycles. The second-order valence-electron chi connectivity index (χ2n) is 28.2. The van der Waals surface area contributed by atoms with Gasteiger partial charge in [0.15, 0.2) is 0 Å². The summed E-state index contributed by atoms with van der Waals surface area (Å²) in [5, 5.41) is 10.5. The normalized spacial score (nSPS) is 29.5. The molecule has 3 unspecified atom stereocenters. The van der Waals surface area contributed by atoms with E-state index in [0.29, 0.717) is 32.1 Å². The SMILES string of the molecule is CCCN1CC(=O)N(C)CC(=O)N(C)[C@@H](CC2CCCCC2)C(=O)N(C)CC(=O)N[C@@H](CCC2CCC(C(F)(F)F)C(Cl)C2)C(=O)N2CCC[C@H]2C(=O)NC2(CCCC2)C(=O)N(C)[C@@H](C(C)C)C(=O)N[C@H](C)CC(=O)N(C)[C@@H](CC(C)C)C(=O)N[C@@H]([C@@H](C)CC)C1=O. The molecule has 0 aromatic carbocycles. The molecule has 5 fully saturated rings. The maximum absolute atomic E-state index is 15.1. The molecule has 522 valence electrons. The van der Waals surface area contributed by atoms with E-state index >= 15 is 9.59 Å². The van der Waals surface area contributed by atoms with Gasteiger partial charge in [0.1, 0.15) is 41.8 Å². The Morgan fingerprint density at radius 1 is 0.630 bits per heavy atom. The molecule has 11 amide bonds. The van der Waals surface area contributed by atoms with Gasteiger partial charge in [-0.05, 0) is 114 Å². The van der Waals surface area contributed by atoms with E-state index in [0.717, 1.165) is 32.1 Å². The summed E-state index contributed by atoms with van der Waals surface area (Å²) in [4.78, 5) is 170. The van der Waals surface area contributed by atoms with Crippen molar-refractivity contribution in [2.75, 3.05) is 68.0 Å². The zero-order chi connectivity index (χ0) is 68.7. The third kappa shape index (κ3) is 20.4. The van der Waals surface area contributed by atoms with E-state index in [9.17, 15) is 56.3 Å². The third-order valence-corrected chi connectivity index (χ3v) is 20.6. The predicted molar refractivity (Wildman–Crippen MR) is 343 cm³/mol. The third-order valence-electron chi connectivity index (χ3n) is 20.1. The number of alkyl halides is 4. The van der Waals surface area contributed by atoms with Gasteiger partial charge in [0, 0.05) is 66.2 Å². The van der Waals surface area contributed by atoms with Gasteiger partial charge in [-0.1, -0.05) is 99.8 Å². The Bertz CT molecular complexity index is 2590. The van der Waals surface area contributed by atoms with Crippen LogP contribution in [0.3, 0.4) is 0 Å². The highest BCUT2D eigenvalue weighted by atomic mass is 35.5. The number of carbonyl (C=O) groups is 11. The number of amides is 11. The highest BCUT2D eigenvalue weighted by Crippen LogP contribution is 2.44. The summed E-state index contributed by atoms with van der Waals surface area (Å²) in [6, 6.07) is -7.57. The maximum atomic E-state index is 15.1. The average Bonchev–Trinajstić information content (AvgIpc) is 1.55. The lowest BCUT2D eigenvalue weighted by Gasteiger charge is -2.39. The Morgan fingerprint density at radius 2 is 1.27 bits per heavy atom. The van der Waals surface area contributed by atoms with Gasteiger partial charge in [-0.3, -0.25) is 52.7 Å². The zero-order valence-electron chi connectivity index (χ0n) is 57.1. The van der Waals surface area contributed by atoms with Gasteiger partial charge in [0.2, 0.25) is 65.0 Å². The molecule has 2 aliphatic heterocycles. The molecule has 5 aliphatic rings. The van der Waals surface area contributed by atoms with E-state index in [4.69, 9.17) is 11.6 Å². The molecule has 11 atom stereocenters. The predicted octanol–water partition coefficient (Wildman–Crippen LogP) is 6.01. The summed E-state index contributed by atoms with van der Waals surface area (Å²) in [6.07, 6.45) is 3.34. The van der Waals surface area contributed by atoms with Crippen LogP contribution in [-0.2, 0) is 52.7 Å². The van der Waals surface area contributed by atoms with Crippen molar-refractivity contribution in [3.8, 4) is 0 Å². The molecule has 0 aromatic rings. The number of hydrogen-bond donors (Lipinski definition) is 4. The minimum absolute atomic E-state index is 0.0148. The number of hydrogen-bond acceptors (Lipinski definition) is 11. The molecule has 4 N–H and O–H groups in total. The minimum Gasteiger partial charge on any atom is -0.351 e. The van der Waals surface area contributed by atoms with Crippen molar-refractivity contribution in [1.29, 1.82) is 0 Å². The van der Waals surface area contributed by atoms with E-state index < -0.39 is 162 Å². The smallest absolute Gasteiger partial charge is 0.351 e.